The number of ether oxygens (including phenoxy) is 1. The molecule has 7 heteroatoms. The Morgan fingerprint density at radius 2 is 2.24 bits per heavy atom. The van der Waals surface area contributed by atoms with E-state index >= 15 is 0 Å². The number of rotatable bonds is 9. The van der Waals surface area contributed by atoms with E-state index < -0.39 is 0 Å². The summed E-state index contributed by atoms with van der Waals surface area (Å²) in [6.07, 6.45) is 3.85. The van der Waals surface area contributed by atoms with Gasteiger partial charge in [-0.3, -0.25) is 0 Å². The minimum absolute atomic E-state index is 0.0372. The van der Waals surface area contributed by atoms with Crippen molar-refractivity contribution < 1.29 is 4.74 Å². The van der Waals surface area contributed by atoms with Gasteiger partial charge in [0.2, 0.25) is 5.95 Å². The van der Waals surface area contributed by atoms with Crippen molar-refractivity contribution in [2.75, 3.05) is 32.0 Å². The first-order valence-electron chi connectivity index (χ1n) is 10.1. The van der Waals surface area contributed by atoms with Crippen LogP contribution in [-0.2, 0) is 0 Å². The number of benzene rings is 1. The zero-order valence-corrected chi connectivity index (χ0v) is 17.4. The maximum absolute atomic E-state index is 6.36. The van der Waals surface area contributed by atoms with Crippen molar-refractivity contribution in [3.05, 3.63) is 58.9 Å². The van der Waals surface area contributed by atoms with Crippen molar-refractivity contribution in [2.24, 2.45) is 0 Å². The van der Waals surface area contributed by atoms with Crippen molar-refractivity contribution in [1.82, 2.24) is 20.6 Å². The average molecular weight is 410 g/mol. The van der Waals surface area contributed by atoms with Crippen molar-refractivity contribution in [3.63, 3.8) is 0 Å². The third kappa shape index (κ3) is 5.32. The second kappa shape index (κ2) is 9.82. The van der Waals surface area contributed by atoms with E-state index in [1.807, 2.05) is 31.4 Å². The molecule has 2 aromatic heterocycles. The summed E-state index contributed by atoms with van der Waals surface area (Å²) in [5.41, 5.74) is 1.91. The molecule has 1 aromatic carbocycles. The van der Waals surface area contributed by atoms with Gasteiger partial charge in [0.05, 0.1) is 5.69 Å². The molecule has 6 nitrogen and oxygen atoms in total. The first kappa shape index (κ1) is 19.8. The van der Waals surface area contributed by atoms with Gasteiger partial charge in [-0.05, 0) is 56.2 Å². The topological polar surface area (TPSA) is 71.1 Å². The van der Waals surface area contributed by atoms with Gasteiger partial charge in [0.25, 0.3) is 0 Å². The third-order valence-corrected chi connectivity index (χ3v) is 5.94. The molecule has 0 radical (unpaired) electrons. The van der Waals surface area contributed by atoms with E-state index in [0.717, 1.165) is 49.5 Å². The summed E-state index contributed by atoms with van der Waals surface area (Å²) in [6, 6.07) is 14.7. The van der Waals surface area contributed by atoms with Gasteiger partial charge in [-0.25, -0.2) is 9.97 Å². The molecule has 0 amide bonds. The molecule has 152 valence electrons. The van der Waals surface area contributed by atoms with E-state index in [4.69, 9.17) is 9.72 Å². The van der Waals surface area contributed by atoms with Crippen LogP contribution in [0.25, 0.3) is 11.3 Å². The van der Waals surface area contributed by atoms with E-state index in [1.165, 1.54) is 4.88 Å². The Labute approximate surface area is 175 Å². The summed E-state index contributed by atoms with van der Waals surface area (Å²) >= 11 is 1.73. The smallest absolute Gasteiger partial charge is 0.223 e. The molecule has 1 aliphatic heterocycles. The van der Waals surface area contributed by atoms with Crippen LogP contribution in [0.2, 0.25) is 0 Å². The van der Waals surface area contributed by atoms with E-state index in [0.29, 0.717) is 12.0 Å². The summed E-state index contributed by atoms with van der Waals surface area (Å²) in [6.45, 7) is 2.89. The molecule has 0 saturated carbocycles. The van der Waals surface area contributed by atoms with E-state index in [9.17, 15) is 0 Å². The fourth-order valence-electron chi connectivity index (χ4n) is 3.45. The molecule has 0 unspecified atom stereocenters. The van der Waals surface area contributed by atoms with Crippen LogP contribution in [0.5, 0.6) is 5.75 Å². The lowest BCUT2D eigenvalue weighted by molar-refractivity contribution is 0.199. The molecule has 1 fully saturated rings. The molecule has 2 atom stereocenters. The van der Waals surface area contributed by atoms with Crippen LogP contribution in [0, 0.1) is 0 Å². The fourth-order valence-corrected chi connectivity index (χ4v) is 4.24. The highest BCUT2D eigenvalue weighted by Gasteiger charge is 2.16. The van der Waals surface area contributed by atoms with Gasteiger partial charge in [0.15, 0.2) is 0 Å². The predicted octanol–water partition coefficient (Wildman–Crippen LogP) is 3.71. The first-order chi connectivity index (χ1) is 14.3. The Balaban J connectivity index is 1.50. The highest BCUT2D eigenvalue weighted by Crippen LogP contribution is 2.30. The molecule has 29 heavy (non-hydrogen) atoms. The molecule has 3 aromatic rings. The summed E-state index contributed by atoms with van der Waals surface area (Å²) in [7, 11) is 1.97. The lowest BCUT2D eigenvalue weighted by Gasteiger charge is -2.18. The molecule has 0 spiro atoms. The minimum atomic E-state index is 0.0372. The lowest BCUT2D eigenvalue weighted by atomic mass is 10.1. The van der Waals surface area contributed by atoms with Gasteiger partial charge in [-0.1, -0.05) is 18.2 Å². The maximum atomic E-state index is 6.36. The van der Waals surface area contributed by atoms with Crippen LogP contribution in [0.1, 0.15) is 23.8 Å². The quantitative estimate of drug-likeness (QED) is 0.500. The van der Waals surface area contributed by atoms with Gasteiger partial charge in [0.1, 0.15) is 11.9 Å². The first-order valence-corrected chi connectivity index (χ1v) is 10.9. The Morgan fingerprint density at radius 3 is 3.03 bits per heavy atom. The van der Waals surface area contributed by atoms with Crippen LogP contribution in [-0.4, -0.2) is 42.7 Å². The Morgan fingerprint density at radius 1 is 1.28 bits per heavy atom. The Hall–Kier alpha value is -2.48. The molecular formula is C22H27N5OS. The molecule has 0 aliphatic carbocycles. The second-order valence-electron chi connectivity index (χ2n) is 7.14. The summed E-state index contributed by atoms with van der Waals surface area (Å²) < 4.78 is 6.36. The number of hydrogen-bond donors (Lipinski definition) is 3. The number of thiophene rings is 1. The maximum Gasteiger partial charge on any atom is 0.223 e. The van der Waals surface area contributed by atoms with Crippen molar-refractivity contribution in [1.29, 1.82) is 0 Å². The van der Waals surface area contributed by atoms with Crippen molar-refractivity contribution in [3.8, 4) is 17.0 Å². The van der Waals surface area contributed by atoms with E-state index in [2.05, 4.69) is 50.6 Å². The van der Waals surface area contributed by atoms with Crippen molar-refractivity contribution >= 4 is 17.3 Å². The number of anilines is 1. The van der Waals surface area contributed by atoms with Gasteiger partial charge in [-0.15, -0.1) is 11.3 Å². The molecular weight excluding hydrogens is 382 g/mol. The average Bonchev–Trinajstić information content (AvgIpc) is 3.46. The normalized spacial score (nSPS) is 17.2. The SMILES string of the molecule is CNCC[C@@H](Oc1cccc(-c2ccnc(N[C@H]3CCNC3)n2)c1)c1cccs1. The standard InChI is InChI=1S/C22H27N5OS/c1-23-10-9-20(21-6-3-13-29-21)28-18-5-2-4-16(14-18)19-8-12-25-22(27-19)26-17-7-11-24-15-17/h2-6,8,12-14,17,20,23-24H,7,9-11,15H2,1H3,(H,25,26,27)/t17-,20+/m0/s1. The van der Waals surface area contributed by atoms with Crippen LogP contribution < -0.4 is 20.7 Å². The summed E-state index contributed by atoms with van der Waals surface area (Å²) in [5, 5.41) is 12.1. The number of hydrogen-bond acceptors (Lipinski definition) is 7. The molecule has 3 heterocycles. The number of nitrogens with one attached hydrogen (secondary N) is 3. The summed E-state index contributed by atoms with van der Waals surface area (Å²) in [5.74, 6) is 1.53. The van der Waals surface area contributed by atoms with Crippen LogP contribution in [0.15, 0.2) is 54.0 Å². The van der Waals surface area contributed by atoms with Crippen LogP contribution in [0.3, 0.4) is 0 Å². The minimum Gasteiger partial charge on any atom is -0.485 e. The van der Waals surface area contributed by atoms with Gasteiger partial charge >= 0.3 is 0 Å². The largest absolute Gasteiger partial charge is 0.485 e. The van der Waals surface area contributed by atoms with E-state index in [1.54, 1.807) is 11.3 Å². The van der Waals surface area contributed by atoms with Crippen molar-refractivity contribution in [2.45, 2.75) is 25.0 Å². The van der Waals surface area contributed by atoms with E-state index in [-0.39, 0.29) is 6.10 Å². The third-order valence-electron chi connectivity index (χ3n) is 4.97. The predicted molar refractivity (Wildman–Crippen MR) is 119 cm³/mol. The summed E-state index contributed by atoms with van der Waals surface area (Å²) in [4.78, 5) is 10.3. The van der Waals surface area contributed by atoms with Gasteiger partial charge in [0, 0.05) is 35.6 Å². The molecule has 0 bridgehead atoms. The lowest BCUT2D eigenvalue weighted by Crippen LogP contribution is -2.23. The molecule has 4 rings (SSSR count). The highest BCUT2D eigenvalue weighted by atomic mass is 32.1. The second-order valence-corrected chi connectivity index (χ2v) is 8.12. The van der Waals surface area contributed by atoms with Gasteiger partial charge in [-0.2, -0.15) is 0 Å². The van der Waals surface area contributed by atoms with Crippen LogP contribution >= 0.6 is 11.3 Å². The number of aromatic nitrogens is 2. The highest BCUT2D eigenvalue weighted by molar-refractivity contribution is 7.10. The monoisotopic (exact) mass is 409 g/mol. The zero-order chi connectivity index (χ0) is 19.9. The Bertz CT molecular complexity index is 896. The zero-order valence-electron chi connectivity index (χ0n) is 16.6. The fraction of sp³-hybridized carbons (Fsp3) is 0.364. The molecule has 1 aliphatic rings. The number of nitrogens with zero attached hydrogens (tertiary/aromatic N) is 2. The van der Waals surface area contributed by atoms with Gasteiger partial charge < -0.3 is 20.7 Å². The molecule has 3 N–H and O–H groups in total. The Kier molecular flexibility index (Phi) is 6.71. The van der Waals surface area contributed by atoms with Crippen LogP contribution in [0.4, 0.5) is 5.95 Å². The molecule has 1 saturated heterocycles.